The lowest BCUT2D eigenvalue weighted by Crippen LogP contribution is -2.45. The third-order valence-corrected chi connectivity index (χ3v) is 3.56. The first kappa shape index (κ1) is 12.6. The van der Waals surface area contributed by atoms with Crippen molar-refractivity contribution >= 4 is 17.7 Å². The first-order valence-corrected chi connectivity index (χ1v) is 6.23. The molecular formula is C11H17ClN2O3. The Morgan fingerprint density at radius 2 is 2.18 bits per heavy atom. The maximum atomic E-state index is 12.0. The van der Waals surface area contributed by atoms with Crippen LogP contribution in [0, 0.1) is 16.7 Å². The number of ether oxygens (including phenoxy) is 1. The van der Waals surface area contributed by atoms with Gasteiger partial charge in [-0.3, -0.25) is 0 Å². The number of alkyl halides is 1. The Labute approximate surface area is 105 Å². The average Bonchev–Trinajstić information content (AvgIpc) is 2.86. The van der Waals surface area contributed by atoms with Gasteiger partial charge in [0.05, 0.1) is 6.04 Å². The summed E-state index contributed by atoms with van der Waals surface area (Å²) in [6.45, 7) is 6.07. The lowest BCUT2D eigenvalue weighted by atomic mass is 10.2. The molecule has 0 aromatic carbocycles. The van der Waals surface area contributed by atoms with Gasteiger partial charge in [0.25, 0.3) is 0 Å². The Kier molecular flexibility index (Phi) is 3.06. The van der Waals surface area contributed by atoms with E-state index < -0.39 is 17.2 Å². The highest BCUT2D eigenvalue weighted by Crippen LogP contribution is 2.51. The molecule has 6 heteroatoms. The van der Waals surface area contributed by atoms with E-state index in [0.29, 0.717) is 18.4 Å². The van der Waals surface area contributed by atoms with Gasteiger partial charge in [-0.15, -0.1) is 4.91 Å². The van der Waals surface area contributed by atoms with Gasteiger partial charge in [-0.05, 0) is 44.2 Å². The molecule has 96 valence electrons. The van der Waals surface area contributed by atoms with Gasteiger partial charge in [-0.2, -0.15) is 0 Å². The molecule has 0 spiro atoms. The number of nitrogens with zero attached hydrogens (tertiary/aromatic N) is 2. The van der Waals surface area contributed by atoms with Gasteiger partial charge in [-0.1, -0.05) is 11.6 Å². The Bertz CT molecular complexity index is 342. The molecule has 0 aromatic rings. The van der Waals surface area contributed by atoms with Crippen molar-refractivity contribution in [3.63, 3.8) is 0 Å². The van der Waals surface area contributed by atoms with Crippen LogP contribution in [0.15, 0.2) is 5.18 Å². The van der Waals surface area contributed by atoms with Crippen molar-refractivity contribution in [2.75, 3.05) is 6.54 Å². The summed E-state index contributed by atoms with van der Waals surface area (Å²) in [4.78, 5) is 24.1. The number of hydrogen-bond donors (Lipinski definition) is 0. The zero-order valence-electron chi connectivity index (χ0n) is 10.2. The summed E-state index contributed by atoms with van der Waals surface area (Å²) < 4.78 is 5.30. The summed E-state index contributed by atoms with van der Waals surface area (Å²) >= 11 is 5.87. The van der Waals surface area contributed by atoms with E-state index in [1.54, 1.807) is 4.90 Å². The van der Waals surface area contributed by atoms with Crippen LogP contribution < -0.4 is 0 Å². The molecule has 2 fully saturated rings. The minimum atomic E-state index is -0.875. The third kappa shape index (κ3) is 2.54. The Balaban J connectivity index is 2.05. The standard InChI is InChI=1S/C11H17ClN2O3/c1-11(2,3)17-10(15)14-5-6-4-7(6)8(14)9(12)13-16/h6-9H,4-5H2,1-3H3/t6-,7-,8-,9?/m1/s1. The predicted octanol–water partition coefficient (Wildman–Crippen LogP) is 2.57. The monoisotopic (exact) mass is 260 g/mol. The van der Waals surface area contributed by atoms with E-state index in [2.05, 4.69) is 5.18 Å². The molecular weight excluding hydrogens is 244 g/mol. The second-order valence-corrected chi connectivity index (χ2v) is 6.21. The molecule has 0 radical (unpaired) electrons. The Hall–Kier alpha value is -0.840. The first-order valence-electron chi connectivity index (χ1n) is 5.79. The molecule has 1 aliphatic carbocycles. The van der Waals surface area contributed by atoms with E-state index in [-0.39, 0.29) is 6.04 Å². The number of hydrogen-bond acceptors (Lipinski definition) is 4. The fraction of sp³-hybridized carbons (Fsp3) is 0.909. The van der Waals surface area contributed by atoms with Crippen molar-refractivity contribution < 1.29 is 9.53 Å². The molecule has 1 aliphatic heterocycles. The second kappa shape index (κ2) is 4.12. The highest BCUT2D eigenvalue weighted by atomic mass is 35.5. The van der Waals surface area contributed by atoms with E-state index in [1.165, 1.54) is 0 Å². The Morgan fingerprint density at radius 1 is 1.53 bits per heavy atom. The van der Waals surface area contributed by atoms with Crippen LogP contribution in [0.3, 0.4) is 0 Å². The van der Waals surface area contributed by atoms with Gasteiger partial charge in [0.2, 0.25) is 0 Å². The maximum absolute atomic E-state index is 12.0. The number of piperidine rings is 1. The maximum Gasteiger partial charge on any atom is 0.410 e. The lowest BCUT2D eigenvalue weighted by molar-refractivity contribution is 0.0190. The van der Waals surface area contributed by atoms with Crippen molar-refractivity contribution in [3.05, 3.63) is 4.91 Å². The number of rotatable bonds is 2. The molecule has 2 rings (SSSR count). The number of carbonyl (C=O) groups is 1. The summed E-state index contributed by atoms with van der Waals surface area (Å²) in [5.74, 6) is 0.790. The Morgan fingerprint density at radius 3 is 2.71 bits per heavy atom. The smallest absolute Gasteiger partial charge is 0.410 e. The molecule has 1 heterocycles. The molecule has 0 aromatic heterocycles. The fourth-order valence-electron chi connectivity index (χ4n) is 2.44. The van der Waals surface area contributed by atoms with Crippen molar-refractivity contribution in [1.29, 1.82) is 0 Å². The van der Waals surface area contributed by atoms with Gasteiger partial charge in [0.15, 0.2) is 5.50 Å². The molecule has 2 aliphatic rings. The lowest BCUT2D eigenvalue weighted by Gasteiger charge is -2.30. The van der Waals surface area contributed by atoms with Crippen LogP contribution in [0.2, 0.25) is 0 Å². The van der Waals surface area contributed by atoms with Gasteiger partial charge in [0, 0.05) is 6.54 Å². The van der Waals surface area contributed by atoms with E-state index >= 15 is 0 Å². The van der Waals surface area contributed by atoms with Gasteiger partial charge >= 0.3 is 6.09 Å². The summed E-state index contributed by atoms with van der Waals surface area (Å²) in [6, 6.07) is -0.297. The van der Waals surface area contributed by atoms with E-state index in [9.17, 15) is 9.70 Å². The number of nitroso groups, excluding NO2 is 1. The summed E-state index contributed by atoms with van der Waals surface area (Å²) in [6.07, 6.45) is 0.631. The van der Waals surface area contributed by atoms with Crippen LogP contribution in [0.5, 0.6) is 0 Å². The topological polar surface area (TPSA) is 59.0 Å². The molecule has 1 saturated heterocycles. The quantitative estimate of drug-likeness (QED) is 0.436. The summed E-state index contributed by atoms with van der Waals surface area (Å²) in [5, 5.41) is 2.84. The molecule has 0 bridgehead atoms. The number of fused-ring (bicyclic) bond motifs is 1. The number of amides is 1. The van der Waals surface area contributed by atoms with E-state index in [0.717, 1.165) is 6.42 Å². The summed E-state index contributed by atoms with van der Waals surface area (Å²) in [5.41, 5.74) is -1.41. The molecule has 5 nitrogen and oxygen atoms in total. The fourth-order valence-corrected chi connectivity index (χ4v) is 2.76. The van der Waals surface area contributed by atoms with Crippen LogP contribution in [-0.2, 0) is 4.74 Å². The van der Waals surface area contributed by atoms with Crippen LogP contribution in [-0.4, -0.2) is 34.7 Å². The molecule has 1 unspecified atom stereocenters. The second-order valence-electron chi connectivity index (χ2n) is 5.76. The highest BCUT2D eigenvalue weighted by Gasteiger charge is 2.57. The van der Waals surface area contributed by atoms with Crippen molar-refractivity contribution in [3.8, 4) is 0 Å². The number of carbonyl (C=O) groups excluding carboxylic acids is 1. The zero-order valence-corrected chi connectivity index (χ0v) is 11.0. The van der Waals surface area contributed by atoms with Gasteiger partial charge < -0.3 is 9.64 Å². The molecule has 1 amide bonds. The van der Waals surface area contributed by atoms with Gasteiger partial charge in [0.1, 0.15) is 5.60 Å². The molecule has 1 saturated carbocycles. The molecule has 17 heavy (non-hydrogen) atoms. The average molecular weight is 261 g/mol. The van der Waals surface area contributed by atoms with Crippen LogP contribution in [0.25, 0.3) is 0 Å². The minimum Gasteiger partial charge on any atom is -0.444 e. The third-order valence-electron chi connectivity index (χ3n) is 3.22. The minimum absolute atomic E-state index is 0.297. The molecule has 4 atom stereocenters. The van der Waals surface area contributed by atoms with E-state index in [4.69, 9.17) is 16.3 Å². The van der Waals surface area contributed by atoms with Crippen molar-refractivity contribution in [2.24, 2.45) is 17.0 Å². The molecule has 0 N–H and O–H groups in total. The van der Waals surface area contributed by atoms with Gasteiger partial charge in [-0.25, -0.2) is 4.79 Å². The van der Waals surface area contributed by atoms with Crippen LogP contribution in [0.1, 0.15) is 27.2 Å². The normalized spacial score (nSPS) is 32.9. The van der Waals surface area contributed by atoms with Crippen molar-refractivity contribution in [2.45, 2.75) is 44.3 Å². The first-order chi connectivity index (χ1) is 7.83. The SMILES string of the molecule is CC(C)(C)OC(=O)N1C[C@H]2C[C@H]2[C@@H]1C(Cl)N=O. The van der Waals surface area contributed by atoms with E-state index in [1.807, 2.05) is 20.8 Å². The number of halogens is 1. The zero-order chi connectivity index (χ0) is 12.8. The largest absolute Gasteiger partial charge is 0.444 e. The predicted molar refractivity (Wildman–Crippen MR) is 63.8 cm³/mol. The van der Waals surface area contributed by atoms with Crippen molar-refractivity contribution in [1.82, 2.24) is 4.90 Å². The summed E-state index contributed by atoms with van der Waals surface area (Å²) in [7, 11) is 0. The van der Waals surface area contributed by atoms with Crippen LogP contribution >= 0.6 is 11.6 Å². The number of likely N-dealkylation sites (tertiary alicyclic amines) is 1. The van der Waals surface area contributed by atoms with Crippen LogP contribution in [0.4, 0.5) is 4.79 Å². The highest BCUT2D eigenvalue weighted by molar-refractivity contribution is 6.21.